The Morgan fingerprint density at radius 1 is 1.20 bits per heavy atom. The number of carbonyl (C=O) groups is 2. The summed E-state index contributed by atoms with van der Waals surface area (Å²) in [7, 11) is 0. The zero-order valence-electron chi connectivity index (χ0n) is 15.2. The lowest BCUT2D eigenvalue weighted by molar-refractivity contribution is -0.123. The Hall–Kier alpha value is -3.66. The van der Waals surface area contributed by atoms with Crippen LogP contribution >= 0.6 is 11.3 Å². The minimum Gasteiger partial charge on any atom is -0.511 e. The number of nitrogens with one attached hydrogen (secondary N) is 2. The van der Waals surface area contributed by atoms with Crippen LogP contribution in [0.1, 0.15) is 17.3 Å². The van der Waals surface area contributed by atoms with Gasteiger partial charge in [-0.05, 0) is 40.8 Å². The van der Waals surface area contributed by atoms with Crippen molar-refractivity contribution in [3.63, 3.8) is 0 Å². The summed E-state index contributed by atoms with van der Waals surface area (Å²) in [4.78, 5) is 32.8. The number of rotatable bonds is 4. The first-order valence-electron chi connectivity index (χ1n) is 8.77. The molecule has 3 N–H and O–H groups in total. The molecule has 4 rings (SSSR count). The molecule has 7 nitrogen and oxygen atoms in total. The number of hydrogen-bond acceptors (Lipinski definition) is 6. The summed E-state index contributed by atoms with van der Waals surface area (Å²) in [6.07, 6.45) is 2.29. The van der Waals surface area contributed by atoms with Gasteiger partial charge >= 0.3 is 0 Å². The molecule has 1 unspecified atom stereocenters. The van der Waals surface area contributed by atoms with Crippen LogP contribution in [0.3, 0.4) is 0 Å². The van der Waals surface area contributed by atoms with Crippen LogP contribution in [0, 0.1) is 11.8 Å². The highest BCUT2D eigenvalue weighted by Crippen LogP contribution is 2.34. The molecular formula is C20H14F2N4O3S. The van der Waals surface area contributed by atoms with E-state index in [1.807, 2.05) is 0 Å². The summed E-state index contributed by atoms with van der Waals surface area (Å²) >= 11 is 1.34. The maximum Gasteiger partial charge on any atom is 0.265 e. The van der Waals surface area contributed by atoms with Crippen molar-refractivity contribution in [3.05, 3.63) is 76.1 Å². The van der Waals surface area contributed by atoms with Crippen LogP contribution in [-0.4, -0.2) is 26.9 Å². The minimum absolute atomic E-state index is 0.00992. The maximum absolute atomic E-state index is 13.3. The number of aliphatic hydroxyl groups is 1. The first-order chi connectivity index (χ1) is 14.4. The van der Waals surface area contributed by atoms with Gasteiger partial charge in [-0.1, -0.05) is 0 Å². The Morgan fingerprint density at radius 2 is 2.03 bits per heavy atom. The second kappa shape index (κ2) is 7.99. The van der Waals surface area contributed by atoms with Crippen LogP contribution in [0.25, 0.3) is 11.1 Å². The molecular weight excluding hydrogens is 414 g/mol. The maximum atomic E-state index is 13.3. The molecule has 2 amide bonds. The van der Waals surface area contributed by atoms with Crippen molar-refractivity contribution < 1.29 is 23.5 Å². The summed E-state index contributed by atoms with van der Waals surface area (Å²) in [6, 6.07) is 6.56. The zero-order chi connectivity index (χ0) is 21.3. The van der Waals surface area contributed by atoms with Gasteiger partial charge in [0.1, 0.15) is 23.0 Å². The molecule has 0 bridgehead atoms. The highest BCUT2D eigenvalue weighted by Gasteiger charge is 2.33. The molecule has 0 aliphatic carbocycles. The van der Waals surface area contributed by atoms with E-state index < -0.39 is 35.2 Å². The molecule has 0 saturated heterocycles. The minimum atomic E-state index is -0.846. The number of thiophene rings is 1. The van der Waals surface area contributed by atoms with Gasteiger partial charge in [-0.15, -0.1) is 11.3 Å². The van der Waals surface area contributed by atoms with E-state index in [9.17, 15) is 23.5 Å². The largest absolute Gasteiger partial charge is 0.511 e. The van der Waals surface area contributed by atoms with Crippen molar-refractivity contribution in [2.75, 3.05) is 5.32 Å². The molecule has 0 spiro atoms. The van der Waals surface area contributed by atoms with Crippen LogP contribution in [0.2, 0.25) is 0 Å². The Bertz CT molecular complexity index is 1160. The van der Waals surface area contributed by atoms with E-state index in [0.29, 0.717) is 5.56 Å². The average molecular weight is 428 g/mol. The molecule has 3 aromatic rings. The number of amides is 2. The lowest BCUT2D eigenvalue weighted by Gasteiger charge is -2.24. The number of aliphatic hydroxyl groups excluding tert-OH is 1. The standard InChI is InChI=1S/C20H14F2N4O3S/c21-12-1-2-17(24-8-12)26-20(29)18-14(27)7-13(25-19(18)28)15-5-11(9-30-15)10-3-4-23-16(22)6-10/h1-6,8-9,13,27H,7H2,(H,25,28)(H,24,26,29). The van der Waals surface area contributed by atoms with Crippen molar-refractivity contribution in [1.82, 2.24) is 15.3 Å². The van der Waals surface area contributed by atoms with Crippen molar-refractivity contribution >= 4 is 29.0 Å². The number of anilines is 1. The van der Waals surface area contributed by atoms with Crippen molar-refractivity contribution in [2.24, 2.45) is 0 Å². The molecule has 0 aromatic carbocycles. The van der Waals surface area contributed by atoms with E-state index in [2.05, 4.69) is 20.6 Å². The third-order valence-corrected chi connectivity index (χ3v) is 5.48. The van der Waals surface area contributed by atoms with Gasteiger partial charge in [0.2, 0.25) is 5.95 Å². The summed E-state index contributed by atoms with van der Waals surface area (Å²) in [6.45, 7) is 0. The van der Waals surface area contributed by atoms with Crippen LogP contribution < -0.4 is 10.6 Å². The molecule has 1 aliphatic heterocycles. The van der Waals surface area contributed by atoms with Gasteiger partial charge < -0.3 is 15.7 Å². The molecule has 0 radical (unpaired) electrons. The Balaban J connectivity index is 1.52. The average Bonchev–Trinajstić information content (AvgIpc) is 3.19. The van der Waals surface area contributed by atoms with Crippen LogP contribution in [0.4, 0.5) is 14.6 Å². The van der Waals surface area contributed by atoms with Crippen molar-refractivity contribution in [1.29, 1.82) is 0 Å². The molecule has 10 heteroatoms. The highest BCUT2D eigenvalue weighted by molar-refractivity contribution is 7.10. The second-order valence-electron chi connectivity index (χ2n) is 6.47. The van der Waals surface area contributed by atoms with Gasteiger partial charge in [-0.25, -0.2) is 14.4 Å². The lowest BCUT2D eigenvalue weighted by atomic mass is 9.99. The van der Waals surface area contributed by atoms with E-state index in [4.69, 9.17) is 0 Å². The van der Waals surface area contributed by atoms with Crippen LogP contribution in [-0.2, 0) is 9.59 Å². The van der Waals surface area contributed by atoms with E-state index in [0.717, 1.165) is 22.7 Å². The number of carbonyl (C=O) groups excluding carboxylic acids is 2. The Labute approximate surface area is 173 Å². The molecule has 4 heterocycles. The monoisotopic (exact) mass is 428 g/mol. The number of hydrogen-bond donors (Lipinski definition) is 3. The summed E-state index contributed by atoms with van der Waals surface area (Å²) in [5.74, 6) is -3.08. The Kier molecular flexibility index (Phi) is 5.23. The second-order valence-corrected chi connectivity index (χ2v) is 7.42. The molecule has 30 heavy (non-hydrogen) atoms. The smallest absolute Gasteiger partial charge is 0.265 e. The first-order valence-corrected chi connectivity index (χ1v) is 9.65. The predicted octanol–water partition coefficient (Wildman–Crippen LogP) is 3.50. The summed E-state index contributed by atoms with van der Waals surface area (Å²) in [5.41, 5.74) is 0.962. The lowest BCUT2D eigenvalue weighted by Crippen LogP contribution is -2.39. The highest BCUT2D eigenvalue weighted by atomic mass is 32.1. The molecule has 0 saturated carbocycles. The molecule has 1 atom stereocenters. The zero-order valence-corrected chi connectivity index (χ0v) is 16.0. The van der Waals surface area contributed by atoms with Gasteiger partial charge in [0.15, 0.2) is 0 Å². The molecule has 152 valence electrons. The van der Waals surface area contributed by atoms with Crippen LogP contribution in [0.15, 0.2) is 59.4 Å². The fraction of sp³-hybridized carbons (Fsp3) is 0.100. The fourth-order valence-corrected chi connectivity index (χ4v) is 3.98. The van der Waals surface area contributed by atoms with Gasteiger partial charge in [-0.2, -0.15) is 4.39 Å². The van der Waals surface area contributed by atoms with E-state index >= 15 is 0 Å². The summed E-state index contributed by atoms with van der Waals surface area (Å²) < 4.78 is 26.3. The number of halogens is 2. The quantitative estimate of drug-likeness (QED) is 0.436. The summed E-state index contributed by atoms with van der Waals surface area (Å²) in [5, 5.41) is 17.2. The van der Waals surface area contributed by atoms with Gasteiger partial charge in [0.05, 0.1) is 12.2 Å². The van der Waals surface area contributed by atoms with Crippen LogP contribution in [0.5, 0.6) is 0 Å². The van der Waals surface area contributed by atoms with E-state index in [-0.39, 0.29) is 18.0 Å². The van der Waals surface area contributed by atoms with Gasteiger partial charge in [0, 0.05) is 23.6 Å². The molecule has 3 aromatic heterocycles. The predicted molar refractivity (Wildman–Crippen MR) is 105 cm³/mol. The van der Waals surface area contributed by atoms with Gasteiger partial charge in [0.25, 0.3) is 11.8 Å². The fourth-order valence-electron chi connectivity index (χ4n) is 3.01. The molecule has 0 fully saturated rings. The SMILES string of the molecule is O=C(Nc1ccc(F)cn1)C1=C(O)CC(c2cc(-c3ccnc(F)c3)cs2)NC1=O. The Morgan fingerprint density at radius 3 is 2.73 bits per heavy atom. The van der Waals surface area contributed by atoms with Crippen molar-refractivity contribution in [3.8, 4) is 11.1 Å². The third kappa shape index (κ3) is 4.03. The number of pyridine rings is 2. The third-order valence-electron chi connectivity index (χ3n) is 4.44. The van der Waals surface area contributed by atoms with Gasteiger partial charge in [-0.3, -0.25) is 9.59 Å². The molecule has 1 aliphatic rings. The number of nitrogens with zero attached hydrogens (tertiary/aromatic N) is 2. The topological polar surface area (TPSA) is 104 Å². The van der Waals surface area contributed by atoms with Crippen molar-refractivity contribution in [2.45, 2.75) is 12.5 Å². The normalized spacial score (nSPS) is 16.3. The first kappa shape index (κ1) is 19.6. The van der Waals surface area contributed by atoms with E-state index in [1.54, 1.807) is 17.5 Å². The van der Waals surface area contributed by atoms with E-state index in [1.165, 1.54) is 29.7 Å². The number of aromatic nitrogens is 2.